The van der Waals surface area contributed by atoms with Crippen molar-refractivity contribution in [1.29, 1.82) is 0 Å². The maximum absolute atomic E-state index is 5.64. The molecule has 5 heteroatoms. The molecular formula is C15H25N5. The number of nitrogens with two attached hydrogens (primary N) is 1. The average molecular weight is 275 g/mol. The van der Waals surface area contributed by atoms with Gasteiger partial charge in [0.05, 0.1) is 0 Å². The van der Waals surface area contributed by atoms with Crippen molar-refractivity contribution >= 4 is 11.6 Å². The minimum atomic E-state index is 0.446. The maximum Gasteiger partial charge on any atom is 0.148 e. The van der Waals surface area contributed by atoms with Crippen LogP contribution in [0.25, 0.3) is 0 Å². The quantitative estimate of drug-likeness (QED) is 0.617. The van der Waals surface area contributed by atoms with Crippen LogP contribution >= 0.6 is 0 Å². The SMILES string of the molecule is Cc1c(NN)nc(C2CC2)nc1N(CC1CC1)C(C)C. The number of hydrazine groups is 1. The van der Waals surface area contributed by atoms with E-state index in [2.05, 4.69) is 36.1 Å². The Kier molecular flexibility index (Phi) is 3.54. The molecule has 0 saturated heterocycles. The molecule has 3 N–H and O–H groups in total. The van der Waals surface area contributed by atoms with E-state index in [-0.39, 0.29) is 0 Å². The zero-order valence-electron chi connectivity index (χ0n) is 12.7. The Morgan fingerprint density at radius 3 is 2.45 bits per heavy atom. The van der Waals surface area contributed by atoms with Crippen LogP contribution < -0.4 is 16.2 Å². The highest BCUT2D eigenvalue weighted by Gasteiger charge is 2.31. The van der Waals surface area contributed by atoms with E-state index in [1.54, 1.807) is 0 Å². The molecule has 0 atom stereocenters. The molecule has 2 aliphatic carbocycles. The molecule has 2 saturated carbocycles. The second kappa shape index (κ2) is 5.20. The molecule has 20 heavy (non-hydrogen) atoms. The van der Waals surface area contributed by atoms with Crippen molar-refractivity contribution < 1.29 is 0 Å². The first-order chi connectivity index (χ1) is 9.60. The predicted octanol–water partition coefficient (Wildman–Crippen LogP) is 2.57. The standard InChI is InChI=1S/C15H25N5/c1-9(2)20(8-11-4-5-11)15-10(3)13(19-16)17-14(18-15)12-6-7-12/h9,11-12H,4-8,16H2,1-3H3,(H,17,18,19). The minimum absolute atomic E-state index is 0.446. The number of nitrogens with zero attached hydrogens (tertiary/aromatic N) is 3. The van der Waals surface area contributed by atoms with Crippen molar-refractivity contribution in [2.24, 2.45) is 11.8 Å². The summed E-state index contributed by atoms with van der Waals surface area (Å²) in [5, 5.41) is 0. The zero-order valence-corrected chi connectivity index (χ0v) is 12.7. The fourth-order valence-electron chi connectivity index (χ4n) is 2.59. The monoisotopic (exact) mass is 275 g/mol. The summed E-state index contributed by atoms with van der Waals surface area (Å²) in [5.74, 6) is 9.82. The number of hydrogen-bond donors (Lipinski definition) is 2. The van der Waals surface area contributed by atoms with E-state index in [0.717, 1.165) is 35.5 Å². The van der Waals surface area contributed by atoms with Crippen LogP contribution in [0.2, 0.25) is 0 Å². The molecule has 0 spiro atoms. The maximum atomic E-state index is 5.64. The first-order valence-corrected chi connectivity index (χ1v) is 7.72. The Balaban J connectivity index is 1.97. The fourth-order valence-corrected chi connectivity index (χ4v) is 2.59. The summed E-state index contributed by atoms with van der Waals surface area (Å²) in [6.07, 6.45) is 5.11. The molecule has 0 aromatic carbocycles. The smallest absolute Gasteiger partial charge is 0.148 e. The summed E-state index contributed by atoms with van der Waals surface area (Å²) >= 11 is 0. The number of rotatable bonds is 6. The van der Waals surface area contributed by atoms with Crippen molar-refractivity contribution in [2.45, 2.75) is 58.4 Å². The van der Waals surface area contributed by atoms with Gasteiger partial charge in [0, 0.05) is 24.1 Å². The molecule has 0 amide bonds. The van der Waals surface area contributed by atoms with Gasteiger partial charge in [-0.1, -0.05) is 0 Å². The Morgan fingerprint density at radius 1 is 1.25 bits per heavy atom. The van der Waals surface area contributed by atoms with Crippen molar-refractivity contribution in [1.82, 2.24) is 9.97 Å². The van der Waals surface area contributed by atoms with Crippen LogP contribution in [0.5, 0.6) is 0 Å². The molecule has 2 fully saturated rings. The molecule has 0 unspecified atom stereocenters. The van der Waals surface area contributed by atoms with Gasteiger partial charge in [0.1, 0.15) is 17.5 Å². The highest BCUT2D eigenvalue weighted by atomic mass is 15.3. The summed E-state index contributed by atoms with van der Waals surface area (Å²) < 4.78 is 0. The zero-order chi connectivity index (χ0) is 14.3. The predicted molar refractivity (Wildman–Crippen MR) is 81.8 cm³/mol. The molecule has 1 aromatic rings. The van der Waals surface area contributed by atoms with Crippen LogP contribution in [0.4, 0.5) is 11.6 Å². The summed E-state index contributed by atoms with van der Waals surface area (Å²) in [6.45, 7) is 7.62. The molecular weight excluding hydrogens is 250 g/mol. The van der Waals surface area contributed by atoms with E-state index in [0.29, 0.717) is 12.0 Å². The van der Waals surface area contributed by atoms with Crippen LogP contribution in [0.15, 0.2) is 0 Å². The van der Waals surface area contributed by atoms with Crippen LogP contribution in [0, 0.1) is 12.8 Å². The molecule has 5 nitrogen and oxygen atoms in total. The van der Waals surface area contributed by atoms with E-state index in [4.69, 9.17) is 10.8 Å². The highest BCUT2D eigenvalue weighted by Crippen LogP contribution is 2.40. The van der Waals surface area contributed by atoms with Gasteiger partial charge in [-0.05, 0) is 52.4 Å². The number of nitrogen functional groups attached to an aromatic ring is 1. The molecule has 0 aliphatic heterocycles. The van der Waals surface area contributed by atoms with Gasteiger partial charge in [-0.15, -0.1) is 0 Å². The van der Waals surface area contributed by atoms with Crippen molar-refractivity contribution in [3.05, 3.63) is 11.4 Å². The molecule has 0 radical (unpaired) electrons. The first-order valence-electron chi connectivity index (χ1n) is 7.72. The summed E-state index contributed by atoms with van der Waals surface area (Å²) in [6, 6.07) is 0.446. The lowest BCUT2D eigenvalue weighted by molar-refractivity contribution is 0.631. The second-order valence-corrected chi connectivity index (χ2v) is 6.49. The molecule has 110 valence electrons. The fraction of sp³-hybridized carbons (Fsp3) is 0.733. The third-order valence-corrected chi connectivity index (χ3v) is 4.26. The third-order valence-electron chi connectivity index (χ3n) is 4.26. The summed E-state index contributed by atoms with van der Waals surface area (Å²) in [4.78, 5) is 11.9. The normalized spacial score (nSPS) is 18.4. The summed E-state index contributed by atoms with van der Waals surface area (Å²) in [7, 11) is 0. The average Bonchev–Trinajstić information content (AvgIpc) is 3.27. The Morgan fingerprint density at radius 2 is 1.95 bits per heavy atom. The number of hydrogen-bond acceptors (Lipinski definition) is 5. The van der Waals surface area contributed by atoms with E-state index >= 15 is 0 Å². The van der Waals surface area contributed by atoms with Crippen molar-refractivity contribution in [3.63, 3.8) is 0 Å². The number of anilines is 2. The van der Waals surface area contributed by atoms with Gasteiger partial charge in [0.15, 0.2) is 0 Å². The van der Waals surface area contributed by atoms with E-state index in [9.17, 15) is 0 Å². The lowest BCUT2D eigenvalue weighted by Crippen LogP contribution is -2.34. The summed E-state index contributed by atoms with van der Waals surface area (Å²) in [5.41, 5.74) is 3.81. The van der Waals surface area contributed by atoms with Crippen molar-refractivity contribution in [2.75, 3.05) is 16.9 Å². The largest absolute Gasteiger partial charge is 0.354 e. The van der Waals surface area contributed by atoms with Gasteiger partial charge in [-0.2, -0.15) is 0 Å². The third kappa shape index (κ3) is 2.73. The van der Waals surface area contributed by atoms with Crippen LogP contribution in [0.3, 0.4) is 0 Å². The Labute approximate surface area is 120 Å². The van der Waals surface area contributed by atoms with Crippen LogP contribution in [-0.2, 0) is 0 Å². The molecule has 1 aromatic heterocycles. The van der Waals surface area contributed by atoms with Gasteiger partial charge in [0.2, 0.25) is 0 Å². The molecule has 2 aliphatic rings. The van der Waals surface area contributed by atoms with Gasteiger partial charge in [-0.3, -0.25) is 0 Å². The number of aromatic nitrogens is 2. The van der Waals surface area contributed by atoms with E-state index in [1.807, 2.05) is 0 Å². The minimum Gasteiger partial charge on any atom is -0.354 e. The lowest BCUT2D eigenvalue weighted by Gasteiger charge is -2.30. The molecule has 1 heterocycles. The molecule has 3 rings (SSSR count). The van der Waals surface area contributed by atoms with Gasteiger partial charge in [-0.25, -0.2) is 15.8 Å². The second-order valence-electron chi connectivity index (χ2n) is 6.49. The van der Waals surface area contributed by atoms with Crippen LogP contribution in [0.1, 0.15) is 56.8 Å². The topological polar surface area (TPSA) is 67.1 Å². The Bertz CT molecular complexity index is 491. The molecule has 0 bridgehead atoms. The Hall–Kier alpha value is -1.36. The highest BCUT2D eigenvalue weighted by molar-refractivity contribution is 5.59. The first kappa shape index (κ1) is 13.6. The lowest BCUT2D eigenvalue weighted by atomic mass is 10.2. The van der Waals surface area contributed by atoms with Crippen LogP contribution in [-0.4, -0.2) is 22.6 Å². The van der Waals surface area contributed by atoms with E-state index < -0.39 is 0 Å². The van der Waals surface area contributed by atoms with E-state index in [1.165, 1.54) is 25.7 Å². The van der Waals surface area contributed by atoms with Gasteiger partial charge < -0.3 is 10.3 Å². The number of nitrogens with one attached hydrogen (secondary N) is 1. The van der Waals surface area contributed by atoms with Crippen molar-refractivity contribution in [3.8, 4) is 0 Å². The van der Waals surface area contributed by atoms with Gasteiger partial charge in [0.25, 0.3) is 0 Å². The van der Waals surface area contributed by atoms with Gasteiger partial charge >= 0.3 is 0 Å².